The molecule has 0 saturated heterocycles. The molecule has 0 heterocycles. The molecule has 140 valence electrons. The van der Waals surface area contributed by atoms with Crippen molar-refractivity contribution in [1.82, 2.24) is 4.90 Å². The highest BCUT2D eigenvalue weighted by Crippen LogP contribution is 2.22. The first-order valence-corrected chi connectivity index (χ1v) is 10.0. The van der Waals surface area contributed by atoms with E-state index in [1.54, 1.807) is 0 Å². The number of hydrogen-bond donors (Lipinski definition) is 0. The summed E-state index contributed by atoms with van der Waals surface area (Å²) in [7, 11) is 0. The fourth-order valence-electron chi connectivity index (χ4n) is 3.50. The molecule has 0 N–H and O–H groups in total. The Kier molecular flexibility index (Phi) is 6.78. The Labute approximate surface area is 163 Å². The summed E-state index contributed by atoms with van der Waals surface area (Å²) in [5, 5.41) is 2.53. The molecule has 3 aromatic carbocycles. The first-order valence-electron chi connectivity index (χ1n) is 10.0. The van der Waals surface area contributed by atoms with Gasteiger partial charge in [0.1, 0.15) is 0 Å². The van der Waals surface area contributed by atoms with E-state index in [1.807, 2.05) is 0 Å². The SMILES string of the molecule is CCN(CC)CCC/N=C(/c1ccc(C)cc1)c1cccc2ccccc12. The maximum Gasteiger partial charge on any atom is 0.0725 e. The topological polar surface area (TPSA) is 15.6 Å². The molecule has 3 aromatic rings. The highest BCUT2D eigenvalue weighted by molar-refractivity contribution is 6.19. The molecule has 0 aliphatic carbocycles. The van der Waals surface area contributed by atoms with Gasteiger partial charge in [-0.3, -0.25) is 4.99 Å². The lowest BCUT2D eigenvalue weighted by atomic mass is 9.96. The molecule has 0 aliphatic heterocycles. The minimum Gasteiger partial charge on any atom is -0.304 e. The molecule has 2 heteroatoms. The molecule has 0 aliphatic rings. The monoisotopic (exact) mass is 358 g/mol. The van der Waals surface area contributed by atoms with E-state index in [0.29, 0.717) is 0 Å². The van der Waals surface area contributed by atoms with E-state index in [9.17, 15) is 0 Å². The van der Waals surface area contributed by atoms with Crippen molar-refractivity contribution in [3.05, 3.63) is 83.4 Å². The largest absolute Gasteiger partial charge is 0.304 e. The summed E-state index contributed by atoms with van der Waals surface area (Å²) in [6, 6.07) is 23.8. The van der Waals surface area contributed by atoms with E-state index in [1.165, 1.54) is 27.5 Å². The van der Waals surface area contributed by atoms with Crippen molar-refractivity contribution in [3.8, 4) is 0 Å². The fourth-order valence-corrected chi connectivity index (χ4v) is 3.50. The van der Waals surface area contributed by atoms with Gasteiger partial charge in [0.05, 0.1) is 5.71 Å². The van der Waals surface area contributed by atoms with Gasteiger partial charge in [0, 0.05) is 17.7 Å². The second-order valence-electron chi connectivity index (χ2n) is 7.00. The van der Waals surface area contributed by atoms with Crippen LogP contribution in [0.15, 0.2) is 71.7 Å². The Morgan fingerprint density at radius 1 is 0.852 bits per heavy atom. The van der Waals surface area contributed by atoms with Crippen LogP contribution < -0.4 is 0 Å². The van der Waals surface area contributed by atoms with Crippen LogP contribution >= 0.6 is 0 Å². The van der Waals surface area contributed by atoms with Crippen LogP contribution in [0.5, 0.6) is 0 Å². The summed E-state index contributed by atoms with van der Waals surface area (Å²) in [6.07, 6.45) is 1.09. The maximum atomic E-state index is 5.07. The maximum absolute atomic E-state index is 5.07. The molecule has 0 aromatic heterocycles. The van der Waals surface area contributed by atoms with Crippen LogP contribution in [0.4, 0.5) is 0 Å². The summed E-state index contributed by atoms with van der Waals surface area (Å²) in [5.41, 5.74) is 4.79. The summed E-state index contributed by atoms with van der Waals surface area (Å²) in [5.74, 6) is 0. The number of benzene rings is 3. The highest BCUT2D eigenvalue weighted by atomic mass is 15.1. The number of nitrogens with zero attached hydrogens (tertiary/aromatic N) is 2. The van der Waals surface area contributed by atoms with Gasteiger partial charge in [-0.15, -0.1) is 0 Å². The van der Waals surface area contributed by atoms with E-state index >= 15 is 0 Å². The number of rotatable bonds is 8. The second-order valence-corrected chi connectivity index (χ2v) is 7.00. The predicted octanol–water partition coefficient (Wildman–Crippen LogP) is 5.72. The van der Waals surface area contributed by atoms with Gasteiger partial charge in [-0.05, 0) is 43.8 Å². The fraction of sp³-hybridized carbons (Fsp3) is 0.320. The highest BCUT2D eigenvalue weighted by Gasteiger charge is 2.10. The smallest absolute Gasteiger partial charge is 0.0725 e. The summed E-state index contributed by atoms with van der Waals surface area (Å²) in [6.45, 7) is 10.7. The van der Waals surface area contributed by atoms with Gasteiger partial charge >= 0.3 is 0 Å². The first-order chi connectivity index (χ1) is 13.2. The number of hydrogen-bond acceptors (Lipinski definition) is 2. The van der Waals surface area contributed by atoms with Crippen molar-refractivity contribution in [2.45, 2.75) is 27.2 Å². The second kappa shape index (κ2) is 9.48. The van der Waals surface area contributed by atoms with Crippen molar-refractivity contribution in [1.29, 1.82) is 0 Å². The third kappa shape index (κ3) is 4.84. The van der Waals surface area contributed by atoms with Gasteiger partial charge in [0.2, 0.25) is 0 Å². The molecular formula is C25H30N2. The van der Waals surface area contributed by atoms with Gasteiger partial charge in [-0.25, -0.2) is 0 Å². The van der Waals surface area contributed by atoms with Crippen molar-refractivity contribution in [2.75, 3.05) is 26.2 Å². The molecule has 0 bridgehead atoms. The summed E-state index contributed by atoms with van der Waals surface area (Å²) in [4.78, 5) is 7.53. The van der Waals surface area contributed by atoms with E-state index in [0.717, 1.165) is 38.3 Å². The van der Waals surface area contributed by atoms with Crippen LogP contribution in [0, 0.1) is 6.92 Å². The molecule has 3 rings (SSSR count). The van der Waals surface area contributed by atoms with Gasteiger partial charge in [0.15, 0.2) is 0 Å². The quantitative estimate of drug-likeness (QED) is 0.371. The van der Waals surface area contributed by atoms with E-state index in [-0.39, 0.29) is 0 Å². The van der Waals surface area contributed by atoms with Crippen LogP contribution in [0.3, 0.4) is 0 Å². The Morgan fingerprint density at radius 2 is 1.56 bits per heavy atom. The van der Waals surface area contributed by atoms with Crippen LogP contribution in [-0.4, -0.2) is 36.8 Å². The third-order valence-corrected chi connectivity index (χ3v) is 5.17. The molecule has 2 nitrogen and oxygen atoms in total. The number of fused-ring (bicyclic) bond motifs is 1. The zero-order valence-electron chi connectivity index (χ0n) is 16.8. The van der Waals surface area contributed by atoms with E-state index in [4.69, 9.17) is 4.99 Å². The standard InChI is InChI=1S/C25H30N2/c1-4-27(5-2)19-9-18-26-25(22-16-14-20(3)15-17-22)24-13-8-11-21-10-6-7-12-23(21)24/h6-8,10-17H,4-5,9,18-19H2,1-3H3/b26-25-. The molecule has 0 unspecified atom stereocenters. The lowest BCUT2D eigenvalue weighted by molar-refractivity contribution is 0.302. The Bertz CT molecular complexity index is 884. The summed E-state index contributed by atoms with van der Waals surface area (Å²) < 4.78 is 0. The number of aryl methyl sites for hydroxylation is 1. The molecule has 27 heavy (non-hydrogen) atoms. The van der Waals surface area contributed by atoms with E-state index < -0.39 is 0 Å². The van der Waals surface area contributed by atoms with Gasteiger partial charge in [-0.2, -0.15) is 0 Å². The minimum absolute atomic E-state index is 0.850. The average molecular weight is 359 g/mol. The molecule has 0 spiro atoms. The normalized spacial score (nSPS) is 12.1. The van der Waals surface area contributed by atoms with Crippen LogP contribution in [0.2, 0.25) is 0 Å². The summed E-state index contributed by atoms with van der Waals surface area (Å²) >= 11 is 0. The van der Waals surface area contributed by atoms with Crippen LogP contribution in [0.25, 0.3) is 10.8 Å². The molecule has 0 amide bonds. The predicted molar refractivity (Wildman–Crippen MR) is 118 cm³/mol. The molecule has 0 atom stereocenters. The Balaban J connectivity index is 1.95. The lowest BCUT2D eigenvalue weighted by Crippen LogP contribution is -2.24. The molecule has 0 fully saturated rings. The Morgan fingerprint density at radius 3 is 2.30 bits per heavy atom. The molecule has 0 radical (unpaired) electrons. The molecular weight excluding hydrogens is 328 g/mol. The average Bonchev–Trinajstić information content (AvgIpc) is 2.72. The minimum atomic E-state index is 0.850. The first kappa shape index (κ1) is 19.3. The zero-order chi connectivity index (χ0) is 19.1. The lowest BCUT2D eigenvalue weighted by Gasteiger charge is -2.17. The molecule has 0 saturated carbocycles. The van der Waals surface area contributed by atoms with Crippen LogP contribution in [-0.2, 0) is 0 Å². The van der Waals surface area contributed by atoms with Crippen LogP contribution in [0.1, 0.15) is 37.0 Å². The Hall–Kier alpha value is -2.45. The van der Waals surface area contributed by atoms with E-state index in [2.05, 4.69) is 92.4 Å². The van der Waals surface area contributed by atoms with Gasteiger partial charge in [0.25, 0.3) is 0 Å². The number of aliphatic imine (C=N–C) groups is 1. The van der Waals surface area contributed by atoms with Crippen molar-refractivity contribution in [2.24, 2.45) is 4.99 Å². The van der Waals surface area contributed by atoms with Crippen molar-refractivity contribution < 1.29 is 0 Å². The third-order valence-electron chi connectivity index (χ3n) is 5.17. The van der Waals surface area contributed by atoms with Gasteiger partial charge in [-0.1, -0.05) is 86.1 Å². The van der Waals surface area contributed by atoms with Crippen molar-refractivity contribution >= 4 is 16.5 Å². The van der Waals surface area contributed by atoms with Gasteiger partial charge < -0.3 is 4.90 Å². The van der Waals surface area contributed by atoms with Crippen molar-refractivity contribution in [3.63, 3.8) is 0 Å². The zero-order valence-corrected chi connectivity index (χ0v) is 16.8.